The van der Waals surface area contributed by atoms with Crippen LogP contribution in [-0.4, -0.2) is 23.6 Å². The van der Waals surface area contributed by atoms with Gasteiger partial charge in [0, 0.05) is 5.92 Å². The molecule has 4 aromatic rings. The van der Waals surface area contributed by atoms with Gasteiger partial charge in [0.05, 0.1) is 0 Å². The first-order valence-electron chi connectivity index (χ1n) is 22.2. The summed E-state index contributed by atoms with van der Waals surface area (Å²) in [4.78, 5) is 0. The van der Waals surface area contributed by atoms with E-state index in [1.54, 1.807) is 80.4 Å². The number of benzene rings is 4. The second-order valence-corrected chi connectivity index (χ2v) is 24.2. The molecule has 282 valence electrons. The molecule has 1 unspecified atom stereocenters. The Bertz CT molecular complexity index is 1950. The number of aryl methyl sites for hydroxylation is 2. The summed E-state index contributed by atoms with van der Waals surface area (Å²) in [6.45, 7) is 4.74. The highest BCUT2D eigenvalue weighted by Crippen LogP contribution is 2.72. The molecule has 8 fully saturated rings. The number of allylic oxidation sites excluding steroid dienone is 4. The zero-order valence-electron chi connectivity index (χ0n) is 33.2. The van der Waals surface area contributed by atoms with Gasteiger partial charge >= 0.3 is 0 Å². The SMILES string of the molecule is Cc1ccccc1P(CC1C=C(c2ccccc2)C(c2ccccc2)=C1CP(C1C2CC3CC(C2)CC1C3)C1C2CC3CC(C2)CC1C3)c1ccccc1C. The standard InChI is InChI=1S/C53H60P2/c1-34-13-9-11-19-49(34)54(50-20-12-10-14-35(50)2)32-46-31-47(40-15-5-3-6-16-40)51(41-17-7-4-8-18-41)48(46)33-55(52-42-23-36-21-37(25-42)26-43(52)24-36)53-44-27-38-22-39(29-44)30-45(53)28-38/h3-20,31,36-39,42-46,52-53H,21-30,32-33H2,1-2H3. The van der Waals surface area contributed by atoms with E-state index < -0.39 is 7.92 Å². The van der Waals surface area contributed by atoms with E-state index in [1.165, 1.54) is 40.2 Å². The molecule has 1 atom stereocenters. The molecule has 0 aliphatic heterocycles. The van der Waals surface area contributed by atoms with E-state index in [9.17, 15) is 0 Å². The van der Waals surface area contributed by atoms with Crippen molar-refractivity contribution in [2.45, 2.75) is 89.4 Å². The van der Waals surface area contributed by atoms with Crippen molar-refractivity contribution in [2.24, 2.45) is 53.3 Å². The zero-order valence-corrected chi connectivity index (χ0v) is 35.0. The quantitative estimate of drug-likeness (QED) is 0.141. The molecule has 0 radical (unpaired) electrons. The van der Waals surface area contributed by atoms with Gasteiger partial charge in [-0.2, -0.15) is 0 Å². The van der Waals surface area contributed by atoms with Gasteiger partial charge in [-0.1, -0.05) is 129 Å². The monoisotopic (exact) mass is 758 g/mol. The molecule has 8 bridgehead atoms. The molecule has 0 N–H and O–H groups in total. The average molecular weight is 759 g/mol. The van der Waals surface area contributed by atoms with E-state index in [1.807, 2.05) is 5.57 Å². The van der Waals surface area contributed by atoms with Crippen LogP contribution >= 0.6 is 15.8 Å². The molecule has 0 aromatic heterocycles. The second-order valence-electron chi connectivity index (χ2n) is 19.5. The molecule has 0 nitrogen and oxygen atoms in total. The van der Waals surface area contributed by atoms with Gasteiger partial charge in [0.25, 0.3) is 0 Å². The van der Waals surface area contributed by atoms with Crippen molar-refractivity contribution >= 4 is 37.6 Å². The lowest BCUT2D eigenvalue weighted by molar-refractivity contribution is 0.0131. The Labute approximate surface area is 334 Å². The van der Waals surface area contributed by atoms with Gasteiger partial charge < -0.3 is 0 Å². The van der Waals surface area contributed by atoms with Crippen LogP contribution in [0.25, 0.3) is 11.1 Å². The molecule has 55 heavy (non-hydrogen) atoms. The first-order valence-corrected chi connectivity index (χ1v) is 25.4. The van der Waals surface area contributed by atoms with Crippen molar-refractivity contribution in [1.29, 1.82) is 0 Å². The summed E-state index contributed by atoms with van der Waals surface area (Å²) in [6, 6.07) is 42.1. The number of rotatable bonds is 10. The second kappa shape index (κ2) is 14.6. The smallest absolute Gasteiger partial charge is 0.00444 e. The van der Waals surface area contributed by atoms with Gasteiger partial charge in [0.2, 0.25) is 0 Å². The zero-order chi connectivity index (χ0) is 36.6. The summed E-state index contributed by atoms with van der Waals surface area (Å²) >= 11 is 0. The Hall–Kier alpha value is -2.78. The summed E-state index contributed by atoms with van der Waals surface area (Å²) in [5.41, 5.74) is 12.8. The molecule has 2 heteroatoms. The highest BCUT2D eigenvalue weighted by Gasteiger charge is 2.57. The Morgan fingerprint density at radius 3 is 1.35 bits per heavy atom. The van der Waals surface area contributed by atoms with Crippen molar-refractivity contribution in [3.63, 3.8) is 0 Å². The van der Waals surface area contributed by atoms with E-state index in [0.717, 1.165) is 58.7 Å². The van der Waals surface area contributed by atoms with Crippen molar-refractivity contribution in [2.75, 3.05) is 12.3 Å². The van der Waals surface area contributed by atoms with Gasteiger partial charge in [0.1, 0.15) is 0 Å². The molecule has 9 aliphatic carbocycles. The van der Waals surface area contributed by atoms with Crippen molar-refractivity contribution < 1.29 is 0 Å². The fraction of sp³-hybridized carbons (Fsp3) is 0.472. The lowest BCUT2D eigenvalue weighted by Crippen LogP contribution is -2.53. The first-order chi connectivity index (χ1) is 27.0. The lowest BCUT2D eigenvalue weighted by atomic mass is 9.55. The third-order valence-electron chi connectivity index (χ3n) is 16.2. The Balaban J connectivity index is 1.08. The largest absolute Gasteiger partial charge is 0.0950 e. The Kier molecular flexibility index (Phi) is 9.36. The summed E-state index contributed by atoms with van der Waals surface area (Å²) < 4.78 is 0. The molecule has 0 saturated heterocycles. The minimum Gasteiger partial charge on any atom is -0.0950 e. The highest BCUT2D eigenvalue weighted by molar-refractivity contribution is 7.73. The normalized spacial score (nSPS) is 34.8. The highest BCUT2D eigenvalue weighted by atomic mass is 31.1. The maximum absolute atomic E-state index is 2.81. The Morgan fingerprint density at radius 1 is 0.473 bits per heavy atom. The molecular weight excluding hydrogens is 699 g/mol. The van der Waals surface area contributed by atoms with Crippen LogP contribution in [0.2, 0.25) is 0 Å². The molecule has 0 amide bonds. The molecule has 4 aromatic carbocycles. The Morgan fingerprint density at radius 2 is 0.891 bits per heavy atom. The van der Waals surface area contributed by atoms with Crippen molar-refractivity contribution in [3.05, 3.63) is 143 Å². The topological polar surface area (TPSA) is 0 Å². The third-order valence-corrected chi connectivity index (χ3v) is 23.1. The van der Waals surface area contributed by atoms with Crippen molar-refractivity contribution in [3.8, 4) is 0 Å². The van der Waals surface area contributed by atoms with E-state index in [-0.39, 0.29) is 7.92 Å². The van der Waals surface area contributed by atoms with Gasteiger partial charge in [0.15, 0.2) is 0 Å². The number of hydrogen-bond acceptors (Lipinski definition) is 0. The summed E-state index contributed by atoms with van der Waals surface area (Å²) in [5, 5.41) is 3.16. The third kappa shape index (κ3) is 6.40. The van der Waals surface area contributed by atoms with Crippen molar-refractivity contribution in [1.82, 2.24) is 0 Å². The van der Waals surface area contributed by atoms with Gasteiger partial charge in [-0.05, 0) is 201 Å². The predicted octanol–water partition coefficient (Wildman–Crippen LogP) is 13.0. The molecule has 0 heterocycles. The summed E-state index contributed by atoms with van der Waals surface area (Å²) in [7, 11) is -0.684. The minimum absolute atomic E-state index is 0.133. The van der Waals surface area contributed by atoms with Gasteiger partial charge in [-0.25, -0.2) is 0 Å². The number of hydrogen-bond donors (Lipinski definition) is 0. The maximum Gasteiger partial charge on any atom is 0.00444 e. The van der Waals surface area contributed by atoms with Crippen LogP contribution in [0.1, 0.15) is 86.5 Å². The molecule has 0 spiro atoms. The van der Waals surface area contributed by atoms with Crippen LogP contribution in [0, 0.1) is 67.1 Å². The van der Waals surface area contributed by atoms with Crippen LogP contribution in [0.4, 0.5) is 0 Å². The van der Waals surface area contributed by atoms with E-state index in [0.29, 0.717) is 5.92 Å². The predicted molar refractivity (Wildman–Crippen MR) is 238 cm³/mol. The molecule has 9 aliphatic rings. The molecular formula is C53H60P2. The fourth-order valence-corrected chi connectivity index (χ4v) is 22.3. The van der Waals surface area contributed by atoms with Crippen LogP contribution in [0.3, 0.4) is 0 Å². The average Bonchev–Trinajstić information content (AvgIpc) is 3.55. The lowest BCUT2D eigenvalue weighted by Gasteiger charge is -2.62. The van der Waals surface area contributed by atoms with E-state index >= 15 is 0 Å². The van der Waals surface area contributed by atoms with Crippen LogP contribution in [0.15, 0.2) is 121 Å². The molecule has 8 saturated carbocycles. The minimum atomic E-state index is -0.551. The fourth-order valence-electron chi connectivity index (χ4n) is 14.6. The maximum atomic E-state index is 2.81. The van der Waals surface area contributed by atoms with Crippen LogP contribution in [0.5, 0.6) is 0 Å². The summed E-state index contributed by atoms with van der Waals surface area (Å²) in [6.07, 6.45) is 21.1. The van der Waals surface area contributed by atoms with Gasteiger partial charge in [-0.15, -0.1) is 0 Å². The van der Waals surface area contributed by atoms with E-state index in [2.05, 4.69) is 129 Å². The summed E-state index contributed by atoms with van der Waals surface area (Å²) in [5.74, 6) is 8.69. The van der Waals surface area contributed by atoms with Gasteiger partial charge in [-0.3, -0.25) is 0 Å². The van der Waals surface area contributed by atoms with E-state index in [4.69, 9.17) is 0 Å². The molecule has 13 rings (SSSR count). The van der Waals surface area contributed by atoms with Crippen LogP contribution in [-0.2, 0) is 0 Å². The first kappa shape index (κ1) is 35.4. The van der Waals surface area contributed by atoms with Crippen LogP contribution < -0.4 is 10.6 Å².